The molecule has 0 spiro atoms. The second kappa shape index (κ2) is 21.1. The SMILES string of the molecule is C(C=Cc1ccccc1)=Cc1ccccc1.C[Si](C)(O)O.Cc1cc2c(-c3ccccc3)cccc2[cH-]1.Cc1cc2c(-c3ccccc3)cccc2[cH-]1.[Zr+2]. The topological polar surface area (TPSA) is 40.5 Å². The van der Waals surface area contributed by atoms with Crippen molar-refractivity contribution in [2.24, 2.45) is 0 Å². The predicted octanol–water partition coefficient (Wildman–Crippen LogP) is 13.2. The van der Waals surface area contributed by atoms with Crippen molar-refractivity contribution in [1.82, 2.24) is 0 Å². The van der Waals surface area contributed by atoms with Crippen LogP contribution in [0.15, 0.2) is 194 Å². The van der Waals surface area contributed by atoms with Crippen molar-refractivity contribution in [3.63, 3.8) is 0 Å². The largest absolute Gasteiger partial charge is 2.00 e. The van der Waals surface area contributed by atoms with E-state index in [2.05, 4.69) is 184 Å². The Morgan fingerprint density at radius 1 is 0.444 bits per heavy atom. The van der Waals surface area contributed by atoms with Gasteiger partial charge < -0.3 is 9.59 Å². The Hall–Kier alpha value is -4.96. The molecule has 0 aromatic heterocycles. The van der Waals surface area contributed by atoms with Crippen molar-refractivity contribution < 1.29 is 35.8 Å². The normalized spacial score (nSPS) is 10.9. The van der Waals surface area contributed by atoms with Crippen LogP contribution in [0, 0.1) is 13.8 Å². The van der Waals surface area contributed by atoms with Crippen LogP contribution < -0.4 is 0 Å². The van der Waals surface area contributed by atoms with Gasteiger partial charge >= 0.3 is 34.8 Å². The number of benzene rings is 6. The minimum absolute atomic E-state index is 0. The van der Waals surface area contributed by atoms with Crippen molar-refractivity contribution in [1.29, 1.82) is 0 Å². The first-order valence-electron chi connectivity index (χ1n) is 18.0. The van der Waals surface area contributed by atoms with Crippen LogP contribution in [0.4, 0.5) is 0 Å². The number of aryl methyl sites for hydroxylation is 2. The maximum absolute atomic E-state index is 8.22. The van der Waals surface area contributed by atoms with Crippen molar-refractivity contribution in [3.05, 3.63) is 216 Å². The van der Waals surface area contributed by atoms with Crippen LogP contribution in [0.5, 0.6) is 0 Å². The summed E-state index contributed by atoms with van der Waals surface area (Å²) in [6.07, 6.45) is 8.31. The second-order valence-electron chi connectivity index (χ2n) is 13.4. The second-order valence-corrected chi connectivity index (χ2v) is 16.4. The van der Waals surface area contributed by atoms with Gasteiger partial charge in [-0.2, -0.15) is 12.1 Å². The zero-order valence-corrected chi connectivity index (χ0v) is 35.0. The van der Waals surface area contributed by atoms with Gasteiger partial charge in [-0.15, -0.1) is 69.1 Å². The molecule has 0 radical (unpaired) electrons. The Morgan fingerprint density at radius 2 is 0.759 bits per heavy atom. The molecule has 0 heterocycles. The minimum Gasteiger partial charge on any atom is -0.411 e. The molecule has 0 unspecified atom stereocenters. The molecular weight excluding hydrogens is 752 g/mol. The van der Waals surface area contributed by atoms with Crippen LogP contribution in [0.25, 0.3) is 56.0 Å². The summed E-state index contributed by atoms with van der Waals surface area (Å²) in [4.78, 5) is 16.4. The van der Waals surface area contributed by atoms with E-state index in [1.807, 2.05) is 36.4 Å². The average molecular weight is 800 g/mol. The summed E-state index contributed by atoms with van der Waals surface area (Å²) < 4.78 is 0. The first-order valence-corrected chi connectivity index (χ1v) is 20.9. The quantitative estimate of drug-likeness (QED) is 0.103. The third-order valence-corrected chi connectivity index (χ3v) is 8.25. The summed E-state index contributed by atoms with van der Waals surface area (Å²) in [7, 11) is -2.61. The van der Waals surface area contributed by atoms with E-state index < -0.39 is 8.56 Å². The number of fused-ring (bicyclic) bond motifs is 2. The van der Waals surface area contributed by atoms with Gasteiger partial charge in [-0.25, -0.2) is 0 Å². The van der Waals surface area contributed by atoms with Crippen LogP contribution >= 0.6 is 0 Å². The molecule has 0 bridgehead atoms. The van der Waals surface area contributed by atoms with Crippen molar-refractivity contribution in [3.8, 4) is 22.3 Å². The fraction of sp³-hybridized carbons (Fsp3) is 0.0800. The molecule has 0 aliphatic heterocycles. The summed E-state index contributed by atoms with van der Waals surface area (Å²) in [6.45, 7) is 7.17. The molecule has 0 aliphatic rings. The minimum atomic E-state index is -2.61. The molecule has 2 nitrogen and oxygen atoms in total. The molecule has 268 valence electrons. The van der Waals surface area contributed by atoms with Gasteiger partial charge in [0.15, 0.2) is 0 Å². The Labute approximate surface area is 341 Å². The maximum Gasteiger partial charge on any atom is 2.00 e. The summed E-state index contributed by atoms with van der Waals surface area (Å²) >= 11 is 0. The summed E-state index contributed by atoms with van der Waals surface area (Å²) in [5.74, 6) is 0. The van der Waals surface area contributed by atoms with Gasteiger partial charge in [0.05, 0.1) is 0 Å². The van der Waals surface area contributed by atoms with Crippen LogP contribution in [-0.2, 0) is 26.2 Å². The summed E-state index contributed by atoms with van der Waals surface area (Å²) in [6, 6.07) is 63.7. The molecule has 8 rings (SSSR count). The van der Waals surface area contributed by atoms with Crippen LogP contribution in [-0.4, -0.2) is 18.2 Å². The number of allylic oxidation sites excluding steroid dienone is 2. The van der Waals surface area contributed by atoms with E-state index in [0.29, 0.717) is 0 Å². The van der Waals surface area contributed by atoms with Crippen LogP contribution in [0.3, 0.4) is 0 Å². The molecule has 8 aromatic rings. The molecule has 0 saturated carbocycles. The number of hydrogen-bond donors (Lipinski definition) is 2. The van der Waals surface area contributed by atoms with Gasteiger partial charge in [0.1, 0.15) is 0 Å². The van der Waals surface area contributed by atoms with Gasteiger partial charge in [-0.3, -0.25) is 0 Å². The van der Waals surface area contributed by atoms with E-state index in [4.69, 9.17) is 9.59 Å². The molecular formula is C50H48O2SiZr. The Kier molecular flexibility index (Phi) is 16.3. The molecule has 4 heteroatoms. The molecule has 54 heavy (non-hydrogen) atoms. The summed E-state index contributed by atoms with van der Waals surface area (Å²) in [5.41, 5.74) is 10.3. The first-order chi connectivity index (χ1) is 25.6. The van der Waals surface area contributed by atoms with E-state index in [0.717, 1.165) is 0 Å². The van der Waals surface area contributed by atoms with Gasteiger partial charge in [0, 0.05) is 0 Å². The Bertz CT molecular complexity index is 2160. The molecule has 0 fully saturated rings. The van der Waals surface area contributed by atoms with E-state index >= 15 is 0 Å². The average Bonchev–Trinajstić information content (AvgIpc) is 3.75. The van der Waals surface area contributed by atoms with Crippen molar-refractivity contribution in [2.45, 2.75) is 26.9 Å². The van der Waals surface area contributed by atoms with E-state index in [1.54, 1.807) is 0 Å². The fourth-order valence-corrected chi connectivity index (χ4v) is 5.97. The van der Waals surface area contributed by atoms with Crippen LogP contribution in [0.1, 0.15) is 22.3 Å². The van der Waals surface area contributed by atoms with Gasteiger partial charge in [0.25, 0.3) is 0 Å². The Balaban J connectivity index is 0.000000168. The molecule has 0 amide bonds. The van der Waals surface area contributed by atoms with Gasteiger partial charge in [-0.1, -0.05) is 183 Å². The van der Waals surface area contributed by atoms with Gasteiger partial charge in [0.2, 0.25) is 0 Å². The monoisotopic (exact) mass is 798 g/mol. The molecule has 2 N–H and O–H groups in total. The molecule has 0 aliphatic carbocycles. The molecule has 0 saturated heterocycles. The van der Waals surface area contributed by atoms with Gasteiger partial charge in [-0.05, 0) is 35.3 Å². The standard InChI is InChI=1S/2C16H13.C16H14.C2H8O2Si.Zr/c2*1-12-10-14-8-5-9-15(16(14)11-12)13-6-3-2-4-7-13;1-3-9-15(10-4-1)13-7-8-14-16-11-5-2-6-12-16;1-5(2,3)4;/h2*2-11H,1H3;1-14H;3-4H,1-2H3;/q2*-1;;;+2. The van der Waals surface area contributed by atoms with Crippen LogP contribution in [0.2, 0.25) is 13.1 Å². The zero-order valence-electron chi connectivity index (χ0n) is 31.5. The van der Waals surface area contributed by atoms with E-state index in [-0.39, 0.29) is 26.2 Å². The van der Waals surface area contributed by atoms with Crippen molar-refractivity contribution in [2.75, 3.05) is 0 Å². The number of rotatable bonds is 5. The number of hydrogen-bond acceptors (Lipinski definition) is 2. The molecule has 0 atom stereocenters. The summed E-state index contributed by atoms with van der Waals surface area (Å²) in [5, 5.41) is 5.37. The Morgan fingerprint density at radius 3 is 1.09 bits per heavy atom. The zero-order chi connectivity index (χ0) is 37.5. The molecule has 8 aromatic carbocycles. The van der Waals surface area contributed by atoms with E-state index in [1.165, 1.54) is 79.1 Å². The smallest absolute Gasteiger partial charge is 0.411 e. The van der Waals surface area contributed by atoms with Crippen molar-refractivity contribution >= 4 is 42.3 Å². The fourth-order valence-electron chi connectivity index (χ4n) is 5.97. The maximum atomic E-state index is 8.22. The predicted molar refractivity (Wildman–Crippen MR) is 232 cm³/mol. The van der Waals surface area contributed by atoms with E-state index in [9.17, 15) is 0 Å². The third kappa shape index (κ3) is 13.5. The first kappa shape index (κ1) is 41.8. The third-order valence-electron chi connectivity index (χ3n) is 8.25.